The van der Waals surface area contributed by atoms with Crippen LogP contribution >= 0.6 is 0 Å². The zero-order chi connectivity index (χ0) is 14.9. The molecule has 1 amide bonds. The Labute approximate surface area is 120 Å². The van der Waals surface area contributed by atoms with Gasteiger partial charge < -0.3 is 9.80 Å². The van der Waals surface area contributed by atoms with Crippen molar-refractivity contribution >= 4 is 21.4 Å². The maximum atomic E-state index is 12.3. The topological polar surface area (TPSA) is 57.7 Å². The van der Waals surface area contributed by atoms with E-state index >= 15 is 0 Å². The third kappa shape index (κ3) is 2.80. The second-order valence-corrected chi connectivity index (χ2v) is 7.80. The number of carbonyl (C=O) groups excluding carboxylic acids is 1. The summed E-state index contributed by atoms with van der Waals surface area (Å²) in [6.07, 6.45) is 0. The summed E-state index contributed by atoms with van der Waals surface area (Å²) in [6, 6.07) is 7.35. The quantitative estimate of drug-likeness (QED) is 0.832. The van der Waals surface area contributed by atoms with Crippen molar-refractivity contribution < 1.29 is 13.2 Å². The van der Waals surface area contributed by atoms with Gasteiger partial charge in [0.2, 0.25) is 0 Å². The van der Waals surface area contributed by atoms with Crippen LogP contribution in [0.15, 0.2) is 24.3 Å². The molecule has 1 aliphatic rings. The zero-order valence-corrected chi connectivity index (χ0v) is 12.9. The van der Waals surface area contributed by atoms with Gasteiger partial charge in [-0.2, -0.15) is 0 Å². The molecule has 0 bridgehead atoms. The summed E-state index contributed by atoms with van der Waals surface area (Å²) in [6.45, 7) is 2.25. The van der Waals surface area contributed by atoms with Gasteiger partial charge in [0, 0.05) is 44.2 Å². The number of nitrogens with zero attached hydrogens (tertiary/aromatic N) is 2. The average Bonchev–Trinajstić information content (AvgIpc) is 2.36. The van der Waals surface area contributed by atoms with Crippen molar-refractivity contribution in [1.29, 1.82) is 0 Å². The summed E-state index contributed by atoms with van der Waals surface area (Å²) >= 11 is 0. The van der Waals surface area contributed by atoms with E-state index in [1.165, 1.54) is 0 Å². The molecule has 5 nitrogen and oxygen atoms in total. The summed E-state index contributed by atoms with van der Waals surface area (Å²) in [7, 11) is 0.794. The smallest absolute Gasteiger partial charge is 0.254 e. The van der Waals surface area contributed by atoms with E-state index in [0.29, 0.717) is 18.7 Å². The number of benzene rings is 1. The molecule has 1 aromatic carbocycles. The lowest BCUT2D eigenvalue weighted by Crippen LogP contribution is -2.57. The molecule has 0 unspecified atom stereocenters. The van der Waals surface area contributed by atoms with E-state index in [1.807, 2.05) is 37.2 Å². The van der Waals surface area contributed by atoms with E-state index < -0.39 is 15.1 Å². The first-order chi connectivity index (χ1) is 9.35. The van der Waals surface area contributed by atoms with Gasteiger partial charge in [-0.3, -0.25) is 4.79 Å². The fraction of sp³-hybridized carbons (Fsp3) is 0.500. The van der Waals surface area contributed by atoms with Crippen LogP contribution < -0.4 is 4.90 Å². The molecule has 0 aliphatic carbocycles. The lowest BCUT2D eigenvalue weighted by atomic mass is 10.1. The maximum absolute atomic E-state index is 12.3. The summed E-state index contributed by atoms with van der Waals surface area (Å²) in [4.78, 5) is 15.8. The fourth-order valence-electron chi connectivity index (χ4n) is 2.17. The molecular weight excluding hydrogens is 276 g/mol. The lowest BCUT2D eigenvalue weighted by molar-refractivity contribution is 0.0659. The Bertz CT molecular complexity index is 605. The molecule has 0 spiro atoms. The van der Waals surface area contributed by atoms with Crippen LogP contribution in [-0.2, 0) is 9.84 Å². The molecule has 2 rings (SSSR count). The summed E-state index contributed by atoms with van der Waals surface area (Å²) < 4.78 is 23.4. The normalized spacial score (nSPS) is 15.8. The van der Waals surface area contributed by atoms with Gasteiger partial charge in [0.15, 0.2) is 9.84 Å². The Balaban J connectivity index is 2.06. The first kappa shape index (κ1) is 14.8. The maximum Gasteiger partial charge on any atom is 0.254 e. The molecule has 0 N–H and O–H groups in total. The number of hydrogen-bond acceptors (Lipinski definition) is 4. The van der Waals surface area contributed by atoms with E-state index in [0.717, 1.165) is 5.69 Å². The molecule has 6 heteroatoms. The largest absolute Gasteiger partial charge is 0.378 e. The predicted octanol–water partition coefficient (Wildman–Crippen LogP) is 1.01. The first-order valence-corrected chi connectivity index (χ1v) is 8.35. The second-order valence-electron chi connectivity index (χ2n) is 5.23. The molecule has 1 aromatic rings. The molecule has 1 fully saturated rings. The minimum atomic E-state index is -3.03. The summed E-state index contributed by atoms with van der Waals surface area (Å²) in [5, 5.41) is -0.395. The van der Waals surface area contributed by atoms with Crippen molar-refractivity contribution in [2.24, 2.45) is 0 Å². The van der Waals surface area contributed by atoms with Gasteiger partial charge >= 0.3 is 0 Å². The first-order valence-electron chi connectivity index (χ1n) is 6.63. The van der Waals surface area contributed by atoms with Crippen LogP contribution in [0.2, 0.25) is 0 Å². The molecule has 20 heavy (non-hydrogen) atoms. The predicted molar refractivity (Wildman–Crippen MR) is 79.9 cm³/mol. The van der Waals surface area contributed by atoms with Crippen LogP contribution in [0.25, 0.3) is 0 Å². The van der Waals surface area contributed by atoms with Crippen LogP contribution in [0.5, 0.6) is 0 Å². The molecular formula is C14H20N2O3S. The molecule has 1 aliphatic heterocycles. The molecule has 110 valence electrons. The third-order valence-corrected chi connectivity index (χ3v) is 5.77. The highest BCUT2D eigenvalue weighted by Gasteiger charge is 2.38. The standard InChI is InChI=1S/C14H20N2O3S/c1-4-20(18,19)13-9-16(10-13)14(17)11-6-5-7-12(8-11)15(2)3/h5-8,13H,4,9-10H2,1-3H3. The van der Waals surface area contributed by atoms with Crippen LogP contribution in [0.4, 0.5) is 5.69 Å². The number of carbonyl (C=O) groups is 1. The van der Waals surface area contributed by atoms with E-state index in [1.54, 1.807) is 17.9 Å². The van der Waals surface area contributed by atoms with Crippen molar-refractivity contribution in [2.45, 2.75) is 12.2 Å². The molecule has 0 radical (unpaired) electrons. The van der Waals surface area contributed by atoms with E-state index in [-0.39, 0.29) is 11.7 Å². The summed E-state index contributed by atoms with van der Waals surface area (Å²) in [5.41, 5.74) is 1.55. The SMILES string of the molecule is CCS(=O)(=O)C1CN(C(=O)c2cccc(N(C)C)c2)C1. The van der Waals surface area contributed by atoms with Crippen LogP contribution in [0.1, 0.15) is 17.3 Å². The highest BCUT2D eigenvalue weighted by Crippen LogP contribution is 2.21. The van der Waals surface area contributed by atoms with E-state index in [2.05, 4.69) is 0 Å². The van der Waals surface area contributed by atoms with Gasteiger partial charge in [-0.25, -0.2) is 8.42 Å². The van der Waals surface area contributed by atoms with Gasteiger partial charge in [-0.15, -0.1) is 0 Å². The molecule has 1 saturated heterocycles. The van der Waals surface area contributed by atoms with E-state index in [4.69, 9.17) is 0 Å². The Morgan fingerprint density at radius 3 is 2.55 bits per heavy atom. The number of likely N-dealkylation sites (tertiary alicyclic amines) is 1. The second kappa shape index (κ2) is 5.44. The Morgan fingerprint density at radius 1 is 1.35 bits per heavy atom. The molecule has 0 saturated carbocycles. The minimum absolute atomic E-state index is 0.101. The molecule has 0 aromatic heterocycles. The zero-order valence-electron chi connectivity index (χ0n) is 12.0. The number of rotatable bonds is 4. The summed E-state index contributed by atoms with van der Waals surface area (Å²) in [5.74, 6) is 0.0340. The Morgan fingerprint density at radius 2 is 2.00 bits per heavy atom. The van der Waals surface area contributed by atoms with Crippen molar-refractivity contribution in [1.82, 2.24) is 4.90 Å². The van der Waals surface area contributed by atoms with E-state index in [9.17, 15) is 13.2 Å². The van der Waals surface area contributed by atoms with Gasteiger partial charge in [-0.05, 0) is 18.2 Å². The molecule has 0 atom stereocenters. The Hall–Kier alpha value is -1.56. The van der Waals surface area contributed by atoms with Crippen LogP contribution in [0, 0.1) is 0 Å². The van der Waals surface area contributed by atoms with Gasteiger partial charge in [0.25, 0.3) is 5.91 Å². The average molecular weight is 296 g/mol. The Kier molecular flexibility index (Phi) is 4.04. The van der Waals surface area contributed by atoms with Crippen LogP contribution in [-0.4, -0.2) is 57.4 Å². The highest BCUT2D eigenvalue weighted by atomic mass is 32.2. The number of sulfone groups is 1. The lowest BCUT2D eigenvalue weighted by Gasteiger charge is -2.38. The van der Waals surface area contributed by atoms with Crippen molar-refractivity contribution in [2.75, 3.05) is 37.8 Å². The van der Waals surface area contributed by atoms with Gasteiger partial charge in [0.1, 0.15) is 0 Å². The van der Waals surface area contributed by atoms with Crippen molar-refractivity contribution in [3.05, 3.63) is 29.8 Å². The van der Waals surface area contributed by atoms with Crippen molar-refractivity contribution in [3.63, 3.8) is 0 Å². The third-order valence-electron chi connectivity index (χ3n) is 3.65. The minimum Gasteiger partial charge on any atom is -0.378 e. The fourth-order valence-corrected chi connectivity index (χ4v) is 3.45. The number of hydrogen-bond donors (Lipinski definition) is 0. The van der Waals surface area contributed by atoms with Crippen molar-refractivity contribution in [3.8, 4) is 0 Å². The highest BCUT2D eigenvalue weighted by molar-refractivity contribution is 7.92. The van der Waals surface area contributed by atoms with Crippen LogP contribution in [0.3, 0.4) is 0 Å². The van der Waals surface area contributed by atoms with Gasteiger partial charge in [-0.1, -0.05) is 13.0 Å². The number of amides is 1. The molecule has 1 heterocycles. The number of anilines is 1. The van der Waals surface area contributed by atoms with Gasteiger partial charge in [0.05, 0.1) is 5.25 Å². The monoisotopic (exact) mass is 296 g/mol.